The molecule has 4 rings (SSSR count). The summed E-state index contributed by atoms with van der Waals surface area (Å²) in [7, 11) is -2.86. The van der Waals surface area contributed by atoms with Crippen molar-refractivity contribution in [1.82, 2.24) is 24.3 Å². The van der Waals surface area contributed by atoms with E-state index in [0.717, 1.165) is 0 Å². The van der Waals surface area contributed by atoms with Crippen molar-refractivity contribution in [3.63, 3.8) is 0 Å². The highest BCUT2D eigenvalue weighted by atomic mass is 32.2. The van der Waals surface area contributed by atoms with Crippen molar-refractivity contribution >= 4 is 15.4 Å². The monoisotopic (exact) mass is 400 g/mol. The fourth-order valence-electron chi connectivity index (χ4n) is 2.72. The minimum absolute atomic E-state index is 0.296. The molecule has 0 saturated carbocycles. The molecule has 1 unspecified atom stereocenters. The first-order valence-electron chi connectivity index (χ1n) is 8.12. The highest BCUT2D eigenvalue weighted by molar-refractivity contribution is 7.91. The molecule has 0 saturated heterocycles. The molecule has 4 aromatic rings. The molecular weight excluding hydrogens is 386 g/mol. The summed E-state index contributed by atoms with van der Waals surface area (Å²) in [5.41, 5.74) is 1.69. The number of benzene rings is 1. The Balaban J connectivity index is 1.82. The number of imidazole rings is 1. The summed E-state index contributed by atoms with van der Waals surface area (Å²) in [5.74, 6) is 0.296. The zero-order chi connectivity index (χ0) is 19.9. The lowest BCUT2D eigenvalue weighted by Gasteiger charge is -2.07. The van der Waals surface area contributed by atoms with Crippen LogP contribution in [0.2, 0.25) is 0 Å². The summed E-state index contributed by atoms with van der Waals surface area (Å²) in [5, 5.41) is 0. The lowest BCUT2D eigenvalue weighted by Crippen LogP contribution is -1.99. The van der Waals surface area contributed by atoms with Gasteiger partial charge in [-0.3, -0.25) is 4.40 Å². The molecule has 1 N–H and O–H groups in total. The van der Waals surface area contributed by atoms with E-state index in [1.54, 1.807) is 36.5 Å². The molecule has 7 nitrogen and oxygen atoms in total. The topological polar surface area (TPSA) is 96.9 Å². The van der Waals surface area contributed by atoms with Gasteiger partial charge in [0.2, 0.25) is 0 Å². The summed E-state index contributed by atoms with van der Waals surface area (Å²) >= 11 is 0. The first-order valence-corrected chi connectivity index (χ1v) is 10.1. The van der Waals surface area contributed by atoms with Crippen molar-refractivity contribution < 1.29 is 13.0 Å². The van der Waals surface area contributed by atoms with E-state index in [2.05, 4.69) is 19.9 Å². The Bertz CT molecular complexity index is 1290. The van der Waals surface area contributed by atoms with Gasteiger partial charge in [0.15, 0.2) is 11.5 Å². The maximum Gasteiger partial charge on any atom is 0.281 e. The van der Waals surface area contributed by atoms with Crippen molar-refractivity contribution in [1.29, 1.82) is 4.78 Å². The Labute approximate surface area is 159 Å². The van der Waals surface area contributed by atoms with E-state index in [4.69, 9.17) is 4.78 Å². The van der Waals surface area contributed by atoms with Gasteiger partial charge in [0.25, 0.3) is 6.43 Å². The molecule has 0 aliphatic carbocycles. The molecule has 28 heavy (non-hydrogen) atoms. The molecule has 0 spiro atoms. The third kappa shape index (κ3) is 3.33. The summed E-state index contributed by atoms with van der Waals surface area (Å²) < 4.78 is 47.2. The van der Waals surface area contributed by atoms with Crippen LogP contribution < -0.4 is 0 Å². The smallest absolute Gasteiger partial charge is 0.281 e. The Morgan fingerprint density at radius 1 is 1.14 bits per heavy atom. The number of nitrogens with one attached hydrogen (secondary N) is 1. The average Bonchev–Trinajstić information content (AvgIpc) is 3.11. The Kier molecular flexibility index (Phi) is 4.34. The minimum Gasteiger partial charge on any atom is -0.294 e. The molecule has 142 valence electrons. The van der Waals surface area contributed by atoms with Gasteiger partial charge in [-0.2, -0.15) is 0 Å². The van der Waals surface area contributed by atoms with Crippen LogP contribution in [-0.4, -0.2) is 34.8 Å². The number of alkyl halides is 2. The number of rotatable bonds is 4. The van der Waals surface area contributed by atoms with Crippen LogP contribution in [0.15, 0.2) is 60.0 Å². The number of nitrogens with zero attached hydrogens (tertiary/aromatic N) is 5. The van der Waals surface area contributed by atoms with Gasteiger partial charge < -0.3 is 0 Å². The van der Waals surface area contributed by atoms with Crippen LogP contribution in [-0.2, 0) is 9.73 Å². The predicted molar refractivity (Wildman–Crippen MR) is 99.5 cm³/mol. The van der Waals surface area contributed by atoms with Gasteiger partial charge in [-0.1, -0.05) is 12.1 Å². The normalized spacial score (nSPS) is 13.7. The highest BCUT2D eigenvalue weighted by Gasteiger charge is 2.15. The molecule has 0 radical (unpaired) electrons. The van der Waals surface area contributed by atoms with E-state index >= 15 is 0 Å². The van der Waals surface area contributed by atoms with Gasteiger partial charge in [0, 0.05) is 29.1 Å². The maximum atomic E-state index is 13.0. The van der Waals surface area contributed by atoms with E-state index in [1.165, 1.54) is 29.2 Å². The lowest BCUT2D eigenvalue weighted by atomic mass is 10.1. The maximum absolute atomic E-state index is 13.0. The van der Waals surface area contributed by atoms with Crippen LogP contribution in [0.1, 0.15) is 12.1 Å². The van der Waals surface area contributed by atoms with E-state index in [-0.39, 0.29) is 5.69 Å². The standard InChI is InChI=1S/C18H14F2N6OS/c1-28(21,27)12-4-2-3-11(7-12)13-5-6-22-18(25-13)15-8-24-16-9-23-14(17(19)20)10-26(15)16/h2-10,17,21H,1H3. The summed E-state index contributed by atoms with van der Waals surface area (Å²) in [6.45, 7) is 0. The van der Waals surface area contributed by atoms with Gasteiger partial charge in [-0.15, -0.1) is 0 Å². The number of hydrogen-bond acceptors (Lipinski definition) is 6. The van der Waals surface area contributed by atoms with Gasteiger partial charge in [-0.25, -0.2) is 37.7 Å². The first kappa shape index (κ1) is 18.1. The van der Waals surface area contributed by atoms with Gasteiger partial charge in [0.1, 0.15) is 11.4 Å². The number of fused-ring (bicyclic) bond motifs is 1. The van der Waals surface area contributed by atoms with Gasteiger partial charge in [0.05, 0.1) is 27.8 Å². The zero-order valence-corrected chi connectivity index (χ0v) is 15.4. The lowest BCUT2D eigenvalue weighted by molar-refractivity contribution is 0.145. The first-order chi connectivity index (χ1) is 13.3. The third-order valence-corrected chi connectivity index (χ3v) is 5.26. The SMILES string of the molecule is CS(=N)(=O)c1cccc(-c2ccnc(-c3cnc4cnc(C(F)F)cn34)n2)c1. The second kappa shape index (κ2) is 6.71. The molecule has 10 heteroatoms. The molecule has 3 heterocycles. The van der Waals surface area contributed by atoms with Crippen molar-refractivity contribution in [2.24, 2.45) is 0 Å². The molecule has 1 aromatic carbocycles. The zero-order valence-electron chi connectivity index (χ0n) is 14.6. The highest BCUT2D eigenvalue weighted by Crippen LogP contribution is 2.25. The van der Waals surface area contributed by atoms with Crippen LogP contribution in [0.25, 0.3) is 28.4 Å². The predicted octanol–water partition coefficient (Wildman–Crippen LogP) is 3.83. The Hall–Kier alpha value is -3.27. The van der Waals surface area contributed by atoms with Gasteiger partial charge >= 0.3 is 0 Å². The summed E-state index contributed by atoms with van der Waals surface area (Å²) in [6.07, 6.45) is 4.16. The van der Waals surface area contributed by atoms with Crippen molar-refractivity contribution in [3.05, 3.63) is 60.8 Å². The third-order valence-electron chi connectivity index (χ3n) is 4.10. The van der Waals surface area contributed by atoms with Crippen LogP contribution >= 0.6 is 0 Å². The molecule has 3 aromatic heterocycles. The molecule has 0 aliphatic heterocycles. The molecule has 1 atom stereocenters. The van der Waals surface area contributed by atoms with E-state index < -0.39 is 16.2 Å². The summed E-state index contributed by atoms with van der Waals surface area (Å²) in [6, 6.07) is 8.45. The van der Waals surface area contributed by atoms with Crippen molar-refractivity contribution in [3.8, 4) is 22.8 Å². The molecule has 0 amide bonds. The molecule has 0 bridgehead atoms. The molecular formula is C18H14F2N6OS. The fourth-order valence-corrected chi connectivity index (χ4v) is 3.41. The Morgan fingerprint density at radius 2 is 1.96 bits per heavy atom. The largest absolute Gasteiger partial charge is 0.294 e. The van der Waals surface area contributed by atoms with Crippen LogP contribution in [0.3, 0.4) is 0 Å². The fraction of sp³-hybridized carbons (Fsp3) is 0.111. The van der Waals surface area contributed by atoms with E-state index in [0.29, 0.717) is 33.3 Å². The van der Waals surface area contributed by atoms with Crippen molar-refractivity contribution in [2.45, 2.75) is 11.3 Å². The second-order valence-corrected chi connectivity index (χ2v) is 8.28. The minimum atomic E-state index is -2.86. The van der Waals surface area contributed by atoms with Crippen LogP contribution in [0.4, 0.5) is 8.78 Å². The number of halogens is 2. The van der Waals surface area contributed by atoms with E-state index in [9.17, 15) is 13.0 Å². The quantitative estimate of drug-likeness (QED) is 0.562. The second-order valence-electron chi connectivity index (χ2n) is 6.12. The van der Waals surface area contributed by atoms with Crippen molar-refractivity contribution in [2.75, 3.05) is 6.26 Å². The number of aromatic nitrogens is 5. The summed E-state index contributed by atoms with van der Waals surface area (Å²) in [4.78, 5) is 17.0. The molecule has 0 fully saturated rings. The van der Waals surface area contributed by atoms with Gasteiger partial charge in [-0.05, 0) is 18.2 Å². The average molecular weight is 400 g/mol. The molecule has 0 aliphatic rings. The number of hydrogen-bond donors (Lipinski definition) is 1. The van der Waals surface area contributed by atoms with E-state index in [1.807, 2.05) is 0 Å². The van der Waals surface area contributed by atoms with Crippen LogP contribution in [0, 0.1) is 4.78 Å². The Morgan fingerprint density at radius 3 is 2.71 bits per heavy atom. The van der Waals surface area contributed by atoms with Crippen LogP contribution in [0.5, 0.6) is 0 Å².